The van der Waals surface area contributed by atoms with Gasteiger partial charge >= 0.3 is 0 Å². The van der Waals surface area contributed by atoms with Crippen LogP contribution in [-0.4, -0.2) is 24.5 Å². The highest BCUT2D eigenvalue weighted by Crippen LogP contribution is 2.41. The van der Waals surface area contributed by atoms with Gasteiger partial charge < -0.3 is 5.11 Å². The zero-order chi connectivity index (χ0) is 21.2. The van der Waals surface area contributed by atoms with Crippen molar-refractivity contribution in [3.05, 3.63) is 69.9 Å². The van der Waals surface area contributed by atoms with Gasteiger partial charge in [0.25, 0.3) is 0 Å². The van der Waals surface area contributed by atoms with Crippen LogP contribution in [0.25, 0.3) is 0 Å². The Balaban J connectivity index is 2.83. The van der Waals surface area contributed by atoms with Crippen molar-refractivity contribution < 1.29 is 5.11 Å². The van der Waals surface area contributed by atoms with Gasteiger partial charge in [-0.25, -0.2) is 0 Å². The second kappa shape index (κ2) is 11.8. The Hall–Kier alpha value is -1.93. The van der Waals surface area contributed by atoms with E-state index in [1.165, 1.54) is 47.1 Å². The first-order chi connectivity index (χ1) is 13.2. The molecule has 0 aromatic rings. The second-order valence-corrected chi connectivity index (χ2v) is 8.47. The summed E-state index contributed by atoms with van der Waals surface area (Å²) >= 11 is 0. The standard InChI is InChI=1S/C26H39NO/c1-20(22(3)14-16-27-17-18-28)11-8-9-12-21(2)24(5)19-25-23(4)13-10-15-26(25,6)7/h8-9,11-12,14,16,19,28H,10,13,15,17-18H2,1-7H3/b9-8+,20-11+,21-12+,22-14?,24-19+,27-16?. The molecule has 2 nitrogen and oxygen atoms in total. The fourth-order valence-electron chi connectivity index (χ4n) is 3.38. The minimum absolute atomic E-state index is 0.0921. The van der Waals surface area contributed by atoms with E-state index in [1.807, 2.05) is 6.08 Å². The summed E-state index contributed by atoms with van der Waals surface area (Å²) in [5, 5.41) is 8.73. The second-order valence-electron chi connectivity index (χ2n) is 8.47. The highest BCUT2D eigenvalue weighted by Gasteiger charge is 2.26. The van der Waals surface area contributed by atoms with E-state index in [1.54, 1.807) is 11.8 Å². The molecule has 0 aromatic heterocycles. The molecule has 0 aromatic carbocycles. The number of aliphatic hydroxyl groups is 1. The Kier molecular flexibility index (Phi) is 10.2. The molecule has 0 aliphatic heterocycles. The SMILES string of the molecule is CC(=CC=NCCO)/C(C)=C/C=C/C=C(C)/C(C)=C/C1=C(C)CCCC1(C)C. The predicted octanol–water partition coefficient (Wildman–Crippen LogP) is 6.92. The molecule has 1 rings (SSSR count). The predicted molar refractivity (Wildman–Crippen MR) is 125 cm³/mol. The topological polar surface area (TPSA) is 32.6 Å². The molecule has 0 amide bonds. The Morgan fingerprint density at radius 2 is 1.54 bits per heavy atom. The maximum atomic E-state index is 8.73. The lowest BCUT2D eigenvalue weighted by Crippen LogP contribution is -2.19. The number of aliphatic imine (C=N–C) groups is 1. The number of aliphatic hydroxyl groups excluding tert-OH is 1. The van der Waals surface area contributed by atoms with Gasteiger partial charge in [0, 0.05) is 6.21 Å². The van der Waals surface area contributed by atoms with Crippen LogP contribution in [-0.2, 0) is 0 Å². The first-order valence-corrected chi connectivity index (χ1v) is 10.4. The average molecular weight is 382 g/mol. The number of allylic oxidation sites excluding steroid dienone is 12. The smallest absolute Gasteiger partial charge is 0.0626 e. The van der Waals surface area contributed by atoms with Crippen LogP contribution >= 0.6 is 0 Å². The maximum Gasteiger partial charge on any atom is 0.0626 e. The molecule has 154 valence electrons. The summed E-state index contributed by atoms with van der Waals surface area (Å²) in [7, 11) is 0. The van der Waals surface area contributed by atoms with Crippen molar-refractivity contribution in [3.8, 4) is 0 Å². The molecule has 0 spiro atoms. The third-order valence-electron chi connectivity index (χ3n) is 5.61. The van der Waals surface area contributed by atoms with Gasteiger partial charge in [0.1, 0.15) is 0 Å². The minimum atomic E-state index is 0.0921. The summed E-state index contributed by atoms with van der Waals surface area (Å²) in [4.78, 5) is 4.10. The number of hydrogen-bond donors (Lipinski definition) is 1. The van der Waals surface area contributed by atoms with Crippen molar-refractivity contribution in [2.45, 2.75) is 67.7 Å². The van der Waals surface area contributed by atoms with E-state index < -0.39 is 0 Å². The van der Waals surface area contributed by atoms with Gasteiger partial charge in [-0.1, -0.05) is 49.8 Å². The number of nitrogens with zero attached hydrogens (tertiary/aromatic N) is 1. The van der Waals surface area contributed by atoms with Crippen molar-refractivity contribution >= 4 is 6.21 Å². The van der Waals surface area contributed by atoms with Crippen LogP contribution in [0.3, 0.4) is 0 Å². The van der Waals surface area contributed by atoms with E-state index in [-0.39, 0.29) is 12.0 Å². The Labute approximate surface area is 172 Å². The van der Waals surface area contributed by atoms with Crippen molar-refractivity contribution in [1.82, 2.24) is 0 Å². The Morgan fingerprint density at radius 1 is 0.964 bits per heavy atom. The zero-order valence-corrected chi connectivity index (χ0v) is 19.0. The molecule has 0 atom stereocenters. The van der Waals surface area contributed by atoms with Crippen LogP contribution in [0.4, 0.5) is 0 Å². The van der Waals surface area contributed by atoms with E-state index in [0.29, 0.717) is 6.54 Å². The summed E-state index contributed by atoms with van der Waals surface area (Å²) in [6, 6.07) is 0. The molecular weight excluding hydrogens is 342 g/mol. The molecule has 0 bridgehead atoms. The van der Waals surface area contributed by atoms with Gasteiger partial charge in [-0.05, 0) is 93.2 Å². The summed E-state index contributed by atoms with van der Waals surface area (Å²) in [6.45, 7) is 16.1. The minimum Gasteiger partial charge on any atom is -0.394 e. The highest BCUT2D eigenvalue weighted by molar-refractivity contribution is 5.73. The normalized spacial score (nSPS) is 20.0. The van der Waals surface area contributed by atoms with Crippen LogP contribution in [0.15, 0.2) is 74.9 Å². The van der Waals surface area contributed by atoms with Gasteiger partial charge in [0.05, 0.1) is 13.2 Å². The molecule has 0 heterocycles. The molecule has 0 saturated heterocycles. The molecule has 28 heavy (non-hydrogen) atoms. The monoisotopic (exact) mass is 381 g/mol. The molecule has 0 fully saturated rings. The van der Waals surface area contributed by atoms with Crippen LogP contribution in [0.2, 0.25) is 0 Å². The zero-order valence-electron chi connectivity index (χ0n) is 19.0. The molecule has 0 unspecified atom stereocenters. The Morgan fingerprint density at radius 3 is 2.11 bits per heavy atom. The molecule has 1 aliphatic carbocycles. The summed E-state index contributed by atoms with van der Waals surface area (Å²) in [5.41, 5.74) is 8.36. The van der Waals surface area contributed by atoms with Crippen LogP contribution in [0.5, 0.6) is 0 Å². The third kappa shape index (κ3) is 7.98. The van der Waals surface area contributed by atoms with Crippen molar-refractivity contribution in [2.24, 2.45) is 10.4 Å². The van der Waals surface area contributed by atoms with Crippen LogP contribution in [0, 0.1) is 5.41 Å². The Bertz CT molecular complexity index is 736. The van der Waals surface area contributed by atoms with E-state index >= 15 is 0 Å². The fourth-order valence-corrected chi connectivity index (χ4v) is 3.38. The third-order valence-corrected chi connectivity index (χ3v) is 5.61. The van der Waals surface area contributed by atoms with E-state index in [4.69, 9.17) is 5.11 Å². The molecule has 1 aliphatic rings. The number of hydrogen-bond acceptors (Lipinski definition) is 2. The van der Waals surface area contributed by atoms with Gasteiger partial charge in [-0.15, -0.1) is 0 Å². The van der Waals surface area contributed by atoms with E-state index in [0.717, 1.165) is 0 Å². The van der Waals surface area contributed by atoms with Crippen molar-refractivity contribution in [2.75, 3.05) is 13.2 Å². The first-order valence-electron chi connectivity index (χ1n) is 10.4. The molecule has 2 heteroatoms. The van der Waals surface area contributed by atoms with Crippen molar-refractivity contribution in [3.63, 3.8) is 0 Å². The quantitative estimate of drug-likeness (QED) is 0.359. The first kappa shape index (κ1) is 24.1. The molecule has 1 N–H and O–H groups in total. The average Bonchev–Trinajstić information content (AvgIpc) is 2.64. The molecule has 0 saturated carbocycles. The highest BCUT2D eigenvalue weighted by atomic mass is 16.3. The van der Waals surface area contributed by atoms with Gasteiger partial charge in [-0.3, -0.25) is 4.99 Å². The van der Waals surface area contributed by atoms with E-state index in [9.17, 15) is 0 Å². The summed E-state index contributed by atoms with van der Waals surface area (Å²) in [5.74, 6) is 0. The number of rotatable bonds is 8. The van der Waals surface area contributed by atoms with Gasteiger partial charge in [0.15, 0.2) is 0 Å². The van der Waals surface area contributed by atoms with Gasteiger partial charge in [-0.2, -0.15) is 0 Å². The fraction of sp³-hybridized carbons (Fsp3) is 0.500. The van der Waals surface area contributed by atoms with Crippen molar-refractivity contribution in [1.29, 1.82) is 0 Å². The maximum absolute atomic E-state index is 8.73. The van der Waals surface area contributed by atoms with Crippen LogP contribution < -0.4 is 0 Å². The largest absolute Gasteiger partial charge is 0.394 e. The van der Waals surface area contributed by atoms with Crippen LogP contribution in [0.1, 0.15) is 67.7 Å². The lowest BCUT2D eigenvalue weighted by atomic mass is 9.72. The van der Waals surface area contributed by atoms with Gasteiger partial charge in [0.2, 0.25) is 0 Å². The lowest BCUT2D eigenvalue weighted by molar-refractivity contribution is 0.307. The summed E-state index contributed by atoms with van der Waals surface area (Å²) < 4.78 is 0. The lowest BCUT2D eigenvalue weighted by Gasteiger charge is -2.33. The summed E-state index contributed by atoms with van der Waals surface area (Å²) in [6.07, 6.45) is 18.4. The van der Waals surface area contributed by atoms with E-state index in [2.05, 4.69) is 83.8 Å². The molecular formula is C26H39NO. The molecule has 0 radical (unpaired) electrons.